The van der Waals surface area contributed by atoms with Crippen LogP contribution < -0.4 is 0 Å². The number of aromatic amines is 1. The van der Waals surface area contributed by atoms with Gasteiger partial charge in [0, 0.05) is 22.7 Å². The molecule has 3 nitrogen and oxygen atoms in total. The van der Waals surface area contributed by atoms with Crippen LogP contribution in [0.15, 0.2) is 116 Å². The predicted molar refractivity (Wildman–Crippen MR) is 126 cm³/mol. The van der Waals surface area contributed by atoms with Crippen LogP contribution in [0.5, 0.6) is 0 Å². The summed E-state index contributed by atoms with van der Waals surface area (Å²) in [6, 6.07) is 33.9. The first kappa shape index (κ1) is 21.6. The molecule has 1 aliphatic heterocycles. The maximum atomic E-state index is 13.2. The SMILES string of the molecule is O=C(c1ccc[cH-]1)N1C=Cc2ccccc2C1c1c[nH]c2ccccc12.[Fe+2].c1cc[cH-]c1. The molecule has 1 amide bonds. The monoisotopic (exact) mass is 458 g/mol. The summed E-state index contributed by atoms with van der Waals surface area (Å²) >= 11 is 0. The van der Waals surface area contributed by atoms with Gasteiger partial charge in [0.2, 0.25) is 0 Å². The van der Waals surface area contributed by atoms with Crippen molar-refractivity contribution in [2.75, 3.05) is 0 Å². The van der Waals surface area contributed by atoms with Gasteiger partial charge in [-0.25, -0.2) is 12.1 Å². The fraction of sp³-hybridized carbons (Fsp3) is 0.0357. The fourth-order valence-corrected chi connectivity index (χ4v) is 4.12. The van der Waals surface area contributed by atoms with Gasteiger partial charge in [-0.05, 0) is 29.5 Å². The molecule has 0 saturated heterocycles. The summed E-state index contributed by atoms with van der Waals surface area (Å²) in [6.45, 7) is 0. The normalized spacial score (nSPS) is 14.2. The van der Waals surface area contributed by atoms with Crippen LogP contribution in [0, 0.1) is 0 Å². The smallest absolute Gasteiger partial charge is 0.361 e. The molecular weight excluding hydrogens is 436 g/mol. The van der Waals surface area contributed by atoms with E-state index in [0.717, 1.165) is 27.6 Å². The van der Waals surface area contributed by atoms with Crippen LogP contribution >= 0.6 is 0 Å². The first-order valence-corrected chi connectivity index (χ1v) is 10.4. The minimum absolute atomic E-state index is 0. The number of nitrogens with one attached hydrogen (secondary N) is 1. The Hall–Kier alpha value is -3.59. The number of carbonyl (C=O) groups excluding carboxylic acids is 1. The standard InChI is InChI=1S/C23H17N2O.C5H5.Fe/c26-23(17-8-1-2-9-17)25-14-13-16-7-3-4-10-18(16)22(25)20-15-24-21-12-6-5-11-19(20)21;1-2-4-5-3-1;/h1-15,22,24H;1-5H;/q2*-1;+2. The third-order valence-corrected chi connectivity index (χ3v) is 5.60. The van der Waals surface area contributed by atoms with Crippen molar-refractivity contribution < 1.29 is 21.9 Å². The molecule has 1 aliphatic rings. The number of para-hydroxylation sites is 1. The molecule has 1 unspecified atom stereocenters. The van der Waals surface area contributed by atoms with E-state index < -0.39 is 0 Å². The number of hydrogen-bond donors (Lipinski definition) is 1. The van der Waals surface area contributed by atoms with Gasteiger partial charge in [-0.3, -0.25) is 0 Å². The number of fused-ring (bicyclic) bond motifs is 2. The summed E-state index contributed by atoms with van der Waals surface area (Å²) in [6.07, 6.45) is 5.95. The second kappa shape index (κ2) is 9.69. The molecule has 0 fully saturated rings. The number of nitrogens with zero attached hydrogens (tertiary/aromatic N) is 1. The van der Waals surface area contributed by atoms with Crippen LogP contribution in [0.25, 0.3) is 17.0 Å². The van der Waals surface area contributed by atoms with Gasteiger partial charge in [-0.15, -0.1) is 6.07 Å². The van der Waals surface area contributed by atoms with Crippen LogP contribution in [0.4, 0.5) is 0 Å². The number of H-pyrrole nitrogens is 1. The third kappa shape index (κ3) is 4.11. The molecule has 1 N–H and O–H groups in total. The summed E-state index contributed by atoms with van der Waals surface area (Å²) in [5.74, 6) is 0.0102. The van der Waals surface area contributed by atoms with E-state index in [1.165, 1.54) is 0 Å². The number of hydrogen-bond acceptors (Lipinski definition) is 1. The summed E-state index contributed by atoms with van der Waals surface area (Å²) in [5.41, 5.74) is 5.18. The molecule has 0 saturated carbocycles. The van der Waals surface area contributed by atoms with Gasteiger partial charge in [-0.1, -0.05) is 48.0 Å². The molecule has 1 atom stereocenters. The third-order valence-electron chi connectivity index (χ3n) is 5.60. The number of rotatable bonds is 2. The Labute approximate surface area is 198 Å². The zero-order valence-corrected chi connectivity index (χ0v) is 18.4. The molecule has 4 heteroatoms. The van der Waals surface area contributed by atoms with E-state index in [1.807, 2.05) is 102 Å². The molecule has 32 heavy (non-hydrogen) atoms. The van der Waals surface area contributed by atoms with Crippen LogP contribution in [-0.4, -0.2) is 15.8 Å². The molecule has 6 rings (SSSR count). The Morgan fingerprint density at radius 3 is 2.38 bits per heavy atom. The summed E-state index contributed by atoms with van der Waals surface area (Å²) in [5, 5.41) is 1.14. The second-order valence-electron chi connectivity index (χ2n) is 7.49. The molecule has 0 aliphatic carbocycles. The van der Waals surface area contributed by atoms with Gasteiger partial charge >= 0.3 is 17.1 Å². The van der Waals surface area contributed by atoms with Crippen LogP contribution in [0.2, 0.25) is 0 Å². The quantitative estimate of drug-likeness (QED) is 0.238. The summed E-state index contributed by atoms with van der Waals surface area (Å²) in [7, 11) is 0. The number of amides is 1. The Morgan fingerprint density at radius 1 is 0.844 bits per heavy atom. The first-order valence-electron chi connectivity index (χ1n) is 10.4. The maximum Gasteiger partial charge on any atom is 2.00 e. The Balaban J connectivity index is 0.000000363. The van der Waals surface area contributed by atoms with Crippen molar-refractivity contribution in [1.82, 2.24) is 9.88 Å². The van der Waals surface area contributed by atoms with E-state index in [9.17, 15) is 4.79 Å². The number of benzene rings is 2. The Bertz CT molecular complexity index is 1300. The van der Waals surface area contributed by atoms with E-state index in [-0.39, 0.29) is 29.0 Å². The van der Waals surface area contributed by atoms with Crippen molar-refractivity contribution in [1.29, 1.82) is 0 Å². The van der Waals surface area contributed by atoms with Crippen molar-refractivity contribution in [3.8, 4) is 0 Å². The van der Waals surface area contributed by atoms with E-state index >= 15 is 0 Å². The average Bonchev–Trinajstić information content (AvgIpc) is 3.61. The van der Waals surface area contributed by atoms with Crippen molar-refractivity contribution in [3.05, 3.63) is 138 Å². The molecule has 0 spiro atoms. The van der Waals surface area contributed by atoms with Gasteiger partial charge < -0.3 is 14.7 Å². The van der Waals surface area contributed by atoms with E-state index in [1.54, 1.807) is 0 Å². The van der Waals surface area contributed by atoms with Gasteiger partial charge in [0.25, 0.3) is 0 Å². The molecule has 0 radical (unpaired) electrons. The van der Waals surface area contributed by atoms with Gasteiger partial charge in [0.05, 0.1) is 6.04 Å². The van der Waals surface area contributed by atoms with E-state index in [2.05, 4.69) is 29.2 Å². The van der Waals surface area contributed by atoms with Crippen molar-refractivity contribution >= 4 is 22.9 Å². The molecule has 0 bridgehead atoms. The topological polar surface area (TPSA) is 36.1 Å². The van der Waals surface area contributed by atoms with Gasteiger partial charge in [0.1, 0.15) is 0 Å². The minimum Gasteiger partial charge on any atom is -0.361 e. The predicted octanol–water partition coefficient (Wildman–Crippen LogP) is 6.51. The van der Waals surface area contributed by atoms with Gasteiger partial charge in [-0.2, -0.15) is 36.4 Å². The molecule has 1 aromatic heterocycles. The van der Waals surface area contributed by atoms with Crippen molar-refractivity contribution in [2.24, 2.45) is 0 Å². The van der Waals surface area contributed by atoms with Crippen molar-refractivity contribution in [2.45, 2.75) is 6.04 Å². The molecule has 5 aromatic rings. The Kier molecular flexibility index (Phi) is 6.55. The molecular formula is C28H22FeN2O. The van der Waals surface area contributed by atoms with Crippen LogP contribution in [0.3, 0.4) is 0 Å². The Morgan fingerprint density at radius 2 is 1.62 bits per heavy atom. The van der Waals surface area contributed by atoms with Crippen LogP contribution in [0.1, 0.15) is 33.1 Å². The largest absolute Gasteiger partial charge is 2.00 e. The van der Waals surface area contributed by atoms with Crippen molar-refractivity contribution in [3.63, 3.8) is 0 Å². The fourth-order valence-electron chi connectivity index (χ4n) is 4.12. The van der Waals surface area contributed by atoms with Gasteiger partial charge in [0.15, 0.2) is 5.91 Å². The zero-order chi connectivity index (χ0) is 21.0. The first-order chi connectivity index (χ1) is 15.3. The number of aromatic nitrogens is 1. The molecule has 2 heterocycles. The summed E-state index contributed by atoms with van der Waals surface area (Å²) < 4.78 is 0. The average molecular weight is 458 g/mol. The minimum atomic E-state index is -0.158. The molecule has 158 valence electrons. The zero-order valence-electron chi connectivity index (χ0n) is 17.3. The van der Waals surface area contributed by atoms with E-state index in [0.29, 0.717) is 5.56 Å². The maximum absolute atomic E-state index is 13.2. The second-order valence-corrected chi connectivity index (χ2v) is 7.49. The number of carbonyl (C=O) groups is 1. The molecule has 4 aromatic carbocycles. The summed E-state index contributed by atoms with van der Waals surface area (Å²) in [4.78, 5) is 18.4. The van der Waals surface area contributed by atoms with E-state index in [4.69, 9.17) is 0 Å². The van der Waals surface area contributed by atoms with Crippen LogP contribution in [-0.2, 0) is 17.1 Å².